The lowest BCUT2D eigenvalue weighted by molar-refractivity contribution is -0.134. The Bertz CT molecular complexity index is 1410. The van der Waals surface area contributed by atoms with Crippen molar-refractivity contribution in [3.8, 4) is 5.75 Å². The van der Waals surface area contributed by atoms with Crippen LogP contribution in [0.15, 0.2) is 30.9 Å². The van der Waals surface area contributed by atoms with E-state index in [0.29, 0.717) is 17.7 Å². The maximum absolute atomic E-state index is 13.3. The van der Waals surface area contributed by atoms with Crippen molar-refractivity contribution in [3.05, 3.63) is 41.3 Å². The van der Waals surface area contributed by atoms with Crippen molar-refractivity contribution < 1.29 is 9.53 Å². The third kappa shape index (κ3) is 3.81. The highest BCUT2D eigenvalue weighted by Crippen LogP contribution is 2.42. The Kier molecular flexibility index (Phi) is 5.57. The van der Waals surface area contributed by atoms with Crippen molar-refractivity contribution in [1.29, 1.82) is 0 Å². The number of hydrogen-bond acceptors (Lipinski definition) is 8. The summed E-state index contributed by atoms with van der Waals surface area (Å²) in [5.41, 5.74) is 2.98. The van der Waals surface area contributed by atoms with Gasteiger partial charge in [0.2, 0.25) is 5.91 Å². The van der Waals surface area contributed by atoms with E-state index in [4.69, 9.17) is 4.74 Å². The van der Waals surface area contributed by atoms with Crippen molar-refractivity contribution in [2.75, 3.05) is 39.6 Å². The molecule has 1 N–H and O–H groups in total. The van der Waals surface area contributed by atoms with Crippen molar-refractivity contribution in [3.63, 3.8) is 0 Å². The third-order valence-electron chi connectivity index (χ3n) is 7.39. The number of aromatic nitrogens is 4. The van der Waals surface area contributed by atoms with Crippen LogP contribution in [-0.4, -0.2) is 75.6 Å². The van der Waals surface area contributed by atoms with E-state index < -0.39 is 0 Å². The Morgan fingerprint density at radius 3 is 2.94 bits per heavy atom. The van der Waals surface area contributed by atoms with Crippen LogP contribution < -0.4 is 10.1 Å². The molecule has 5 heterocycles. The maximum atomic E-state index is 13.3. The van der Waals surface area contributed by atoms with Gasteiger partial charge in [-0.2, -0.15) is 5.10 Å². The molecule has 1 saturated heterocycles. The lowest BCUT2D eigenvalue weighted by Gasteiger charge is -2.27. The van der Waals surface area contributed by atoms with Crippen LogP contribution in [0.25, 0.3) is 15.7 Å². The topological polar surface area (TPSA) is 87.9 Å². The Morgan fingerprint density at radius 2 is 2.14 bits per heavy atom. The minimum Gasteiger partial charge on any atom is -0.492 e. The fourth-order valence-corrected chi connectivity index (χ4v) is 6.72. The molecular weight excluding hydrogens is 462 g/mol. The molecule has 0 bridgehead atoms. The second kappa shape index (κ2) is 8.76. The zero-order valence-electron chi connectivity index (χ0n) is 20.2. The summed E-state index contributed by atoms with van der Waals surface area (Å²) in [6, 6.07) is 4.33. The monoisotopic (exact) mass is 491 g/mol. The van der Waals surface area contributed by atoms with E-state index in [9.17, 15) is 4.79 Å². The van der Waals surface area contributed by atoms with Crippen LogP contribution in [0.1, 0.15) is 23.3 Å². The number of likely N-dealkylation sites (N-methyl/N-ethyl adjacent to an activating group) is 1. The summed E-state index contributed by atoms with van der Waals surface area (Å²) < 4.78 is 7.48. The molecule has 6 rings (SSSR count). The van der Waals surface area contributed by atoms with Gasteiger partial charge in [-0.05, 0) is 57.5 Å². The van der Waals surface area contributed by atoms with Crippen LogP contribution in [0.5, 0.6) is 5.75 Å². The number of likely N-dealkylation sites (tertiary alicyclic amines) is 1. The molecular formula is C25H29N7O2S. The molecule has 1 aliphatic carbocycles. The summed E-state index contributed by atoms with van der Waals surface area (Å²) in [5.74, 6) is 1.84. The highest BCUT2D eigenvalue weighted by atomic mass is 32.1. The quantitative estimate of drug-likeness (QED) is 0.458. The van der Waals surface area contributed by atoms with Crippen LogP contribution in [0.3, 0.4) is 0 Å². The normalized spacial score (nSPS) is 20.1. The lowest BCUT2D eigenvalue weighted by atomic mass is 9.87. The van der Waals surface area contributed by atoms with Gasteiger partial charge in [0.15, 0.2) is 5.75 Å². The summed E-state index contributed by atoms with van der Waals surface area (Å²) in [6.07, 6.45) is 8.81. The van der Waals surface area contributed by atoms with E-state index in [0.717, 1.165) is 66.0 Å². The average Bonchev–Trinajstić information content (AvgIpc) is 3.61. The molecule has 182 valence electrons. The van der Waals surface area contributed by atoms with E-state index >= 15 is 0 Å². The maximum Gasteiger partial charge on any atom is 0.226 e. The van der Waals surface area contributed by atoms with E-state index in [-0.39, 0.29) is 5.92 Å². The van der Waals surface area contributed by atoms with Gasteiger partial charge in [-0.3, -0.25) is 4.79 Å². The molecule has 9 nitrogen and oxygen atoms in total. The van der Waals surface area contributed by atoms with Crippen molar-refractivity contribution >= 4 is 44.5 Å². The van der Waals surface area contributed by atoms with Gasteiger partial charge in [0, 0.05) is 36.1 Å². The predicted octanol–water partition coefficient (Wildman–Crippen LogP) is 3.36. The number of carbonyl (C=O) groups is 1. The number of ether oxygens (including phenoxy) is 1. The Labute approximate surface area is 207 Å². The van der Waals surface area contributed by atoms with Gasteiger partial charge in [0.1, 0.15) is 22.5 Å². The number of aryl methyl sites for hydroxylation is 1. The second-order valence-corrected chi connectivity index (χ2v) is 10.7. The molecule has 0 spiro atoms. The van der Waals surface area contributed by atoms with Gasteiger partial charge in [-0.15, -0.1) is 11.3 Å². The number of carbonyl (C=O) groups excluding carboxylic acids is 1. The van der Waals surface area contributed by atoms with Gasteiger partial charge < -0.3 is 19.9 Å². The summed E-state index contributed by atoms with van der Waals surface area (Å²) in [5, 5.41) is 8.84. The van der Waals surface area contributed by atoms with Crippen molar-refractivity contribution in [2.24, 2.45) is 5.92 Å². The molecule has 0 unspecified atom stereocenters. The number of nitrogens with one attached hydrogen (secondary N) is 1. The van der Waals surface area contributed by atoms with Crippen molar-refractivity contribution in [1.82, 2.24) is 29.4 Å². The molecule has 35 heavy (non-hydrogen) atoms. The van der Waals surface area contributed by atoms with Gasteiger partial charge in [0.25, 0.3) is 0 Å². The number of amides is 1. The second-order valence-electron chi connectivity index (χ2n) is 9.58. The molecule has 2 aliphatic rings. The Morgan fingerprint density at radius 1 is 1.26 bits per heavy atom. The number of fused-ring (bicyclic) bond motifs is 4. The molecule has 4 aromatic rings. The van der Waals surface area contributed by atoms with Crippen LogP contribution in [0.2, 0.25) is 0 Å². The van der Waals surface area contributed by atoms with Gasteiger partial charge in [-0.25, -0.2) is 14.5 Å². The Hall–Kier alpha value is -3.24. The molecule has 4 aromatic heterocycles. The molecule has 1 fully saturated rings. The van der Waals surface area contributed by atoms with E-state index in [1.54, 1.807) is 35.5 Å². The van der Waals surface area contributed by atoms with Gasteiger partial charge in [-0.1, -0.05) is 0 Å². The fourth-order valence-electron chi connectivity index (χ4n) is 5.45. The first-order valence-electron chi connectivity index (χ1n) is 12.0. The van der Waals surface area contributed by atoms with Crippen LogP contribution in [0.4, 0.5) is 11.5 Å². The average molecular weight is 492 g/mol. The predicted molar refractivity (Wildman–Crippen MR) is 137 cm³/mol. The lowest BCUT2D eigenvalue weighted by Crippen LogP contribution is -2.39. The Balaban J connectivity index is 1.28. The van der Waals surface area contributed by atoms with Gasteiger partial charge in [0.05, 0.1) is 24.4 Å². The molecule has 0 aromatic carbocycles. The standard InChI is InChI=1S/C25H29N7O2S/c1-30(2)16-7-10-31(13-16)25(33)15-4-5-17-20(12-15)35-24-21(17)23(26-14-27-24)29-18-8-11-32-19(6-9-28-32)22(18)34-3/h6,8-9,11,14-16H,4-5,7,10,12-13H2,1-3H3,(H,26,27,29)/t15-,16-/m0/s1. The molecule has 2 atom stereocenters. The number of thiophene rings is 1. The third-order valence-corrected chi connectivity index (χ3v) is 8.55. The van der Waals surface area contributed by atoms with E-state index in [2.05, 4.69) is 44.3 Å². The molecule has 1 amide bonds. The smallest absolute Gasteiger partial charge is 0.226 e. The number of hydrogen-bond donors (Lipinski definition) is 1. The fraction of sp³-hybridized carbons (Fsp3) is 0.440. The largest absolute Gasteiger partial charge is 0.492 e. The van der Waals surface area contributed by atoms with Crippen LogP contribution >= 0.6 is 11.3 Å². The summed E-state index contributed by atoms with van der Waals surface area (Å²) in [6.45, 7) is 1.70. The molecule has 10 heteroatoms. The first-order valence-corrected chi connectivity index (χ1v) is 12.8. The molecule has 1 aliphatic heterocycles. The zero-order valence-corrected chi connectivity index (χ0v) is 21.0. The summed E-state index contributed by atoms with van der Waals surface area (Å²) >= 11 is 1.69. The number of anilines is 2. The van der Waals surface area contributed by atoms with E-state index in [1.807, 2.05) is 18.3 Å². The first kappa shape index (κ1) is 22.2. The SMILES string of the molecule is COc1c(Nc2ncnc3sc4c(c23)CC[C@H](C(=O)N2CC[C@H](N(C)C)C2)C4)ccn2nccc12. The minimum atomic E-state index is 0.0465. The number of rotatable bonds is 5. The van der Waals surface area contributed by atoms with E-state index in [1.165, 1.54) is 10.4 Å². The van der Waals surface area contributed by atoms with Crippen LogP contribution in [0, 0.1) is 5.92 Å². The zero-order chi connectivity index (χ0) is 24.1. The molecule has 0 radical (unpaired) electrons. The number of nitrogens with zero attached hydrogens (tertiary/aromatic N) is 6. The highest BCUT2D eigenvalue weighted by Gasteiger charge is 2.35. The summed E-state index contributed by atoms with van der Waals surface area (Å²) in [4.78, 5) is 29.0. The first-order chi connectivity index (χ1) is 17.0. The van der Waals surface area contributed by atoms with Gasteiger partial charge >= 0.3 is 0 Å². The minimum absolute atomic E-state index is 0.0465. The van der Waals surface area contributed by atoms with Crippen molar-refractivity contribution in [2.45, 2.75) is 31.7 Å². The number of pyridine rings is 1. The summed E-state index contributed by atoms with van der Waals surface area (Å²) in [7, 11) is 5.85. The molecule has 0 saturated carbocycles. The number of methoxy groups -OCH3 is 1. The highest BCUT2D eigenvalue weighted by molar-refractivity contribution is 7.19. The van der Waals surface area contributed by atoms with Crippen LogP contribution in [-0.2, 0) is 17.6 Å².